The topological polar surface area (TPSA) is 66.5 Å². The van der Waals surface area contributed by atoms with Gasteiger partial charge in [0.2, 0.25) is 15.9 Å². The number of carbonyl (C=O) groups is 1. The van der Waals surface area contributed by atoms with Gasteiger partial charge in [0.05, 0.1) is 18.0 Å². The van der Waals surface area contributed by atoms with Crippen molar-refractivity contribution in [1.29, 1.82) is 0 Å². The smallest absolute Gasteiger partial charge is 0.232 e. The third kappa shape index (κ3) is 6.12. The number of hydrogen-bond acceptors (Lipinski definition) is 3. The summed E-state index contributed by atoms with van der Waals surface area (Å²) in [7, 11) is -3.42. The van der Waals surface area contributed by atoms with E-state index in [1.54, 1.807) is 0 Å². The van der Waals surface area contributed by atoms with E-state index < -0.39 is 10.0 Å². The van der Waals surface area contributed by atoms with Crippen LogP contribution >= 0.6 is 0 Å². The van der Waals surface area contributed by atoms with Gasteiger partial charge in [0, 0.05) is 13.0 Å². The molecule has 1 atom stereocenters. The number of benzene rings is 2. The van der Waals surface area contributed by atoms with Crippen LogP contribution in [0.1, 0.15) is 72.9 Å². The van der Waals surface area contributed by atoms with Crippen LogP contribution in [0.3, 0.4) is 0 Å². The van der Waals surface area contributed by atoms with E-state index in [2.05, 4.69) is 30.4 Å². The number of carbonyl (C=O) groups excluding carboxylic acids is 1. The average molecular weight is 457 g/mol. The van der Waals surface area contributed by atoms with E-state index in [1.807, 2.05) is 32.0 Å². The van der Waals surface area contributed by atoms with Crippen LogP contribution in [0.5, 0.6) is 0 Å². The van der Waals surface area contributed by atoms with Crippen LogP contribution in [0.25, 0.3) is 0 Å². The minimum absolute atomic E-state index is 0.0134. The largest absolute Gasteiger partial charge is 0.349 e. The van der Waals surface area contributed by atoms with Gasteiger partial charge in [0.1, 0.15) is 0 Å². The van der Waals surface area contributed by atoms with Crippen molar-refractivity contribution in [1.82, 2.24) is 5.32 Å². The molecule has 0 aliphatic heterocycles. The number of amides is 1. The normalized spacial score (nSPS) is 14.5. The van der Waals surface area contributed by atoms with Gasteiger partial charge in [-0.15, -0.1) is 0 Å². The summed E-state index contributed by atoms with van der Waals surface area (Å²) < 4.78 is 26.1. The van der Waals surface area contributed by atoms with Crippen molar-refractivity contribution >= 4 is 21.6 Å². The Morgan fingerprint density at radius 2 is 1.75 bits per heavy atom. The highest BCUT2D eigenvalue weighted by Crippen LogP contribution is 2.26. The third-order valence-corrected chi connectivity index (χ3v) is 7.66. The second kappa shape index (κ2) is 10.5. The van der Waals surface area contributed by atoms with Crippen molar-refractivity contribution in [2.75, 3.05) is 17.1 Å². The molecule has 0 bridgehead atoms. The van der Waals surface area contributed by atoms with Crippen molar-refractivity contribution in [2.45, 2.75) is 71.8 Å². The average Bonchev–Trinajstić information content (AvgIpc) is 2.76. The highest BCUT2D eigenvalue weighted by Gasteiger charge is 2.20. The molecule has 2 aromatic carbocycles. The molecule has 1 amide bonds. The number of rotatable bonds is 9. The van der Waals surface area contributed by atoms with Crippen LogP contribution in [0.15, 0.2) is 36.4 Å². The van der Waals surface area contributed by atoms with E-state index in [9.17, 15) is 13.2 Å². The zero-order chi connectivity index (χ0) is 23.3. The molecular weight excluding hydrogens is 420 g/mol. The van der Waals surface area contributed by atoms with E-state index >= 15 is 0 Å². The fourth-order valence-corrected chi connectivity index (χ4v) is 5.37. The van der Waals surface area contributed by atoms with Crippen LogP contribution in [-0.2, 0) is 27.7 Å². The van der Waals surface area contributed by atoms with E-state index in [4.69, 9.17) is 0 Å². The van der Waals surface area contributed by atoms with Crippen molar-refractivity contribution in [3.63, 3.8) is 0 Å². The van der Waals surface area contributed by atoms with Crippen molar-refractivity contribution in [3.05, 3.63) is 64.2 Å². The van der Waals surface area contributed by atoms with Crippen molar-refractivity contribution < 1.29 is 13.2 Å². The molecule has 1 N–H and O–H groups in total. The monoisotopic (exact) mass is 456 g/mol. The Balaban J connectivity index is 1.60. The number of nitrogens with zero attached hydrogens (tertiary/aromatic N) is 1. The Morgan fingerprint density at radius 3 is 2.41 bits per heavy atom. The highest BCUT2D eigenvalue weighted by molar-refractivity contribution is 7.92. The molecule has 0 heterocycles. The molecule has 0 aromatic heterocycles. The first-order valence-corrected chi connectivity index (χ1v) is 13.5. The van der Waals surface area contributed by atoms with Gasteiger partial charge in [0.25, 0.3) is 0 Å². The van der Waals surface area contributed by atoms with Crippen LogP contribution < -0.4 is 9.62 Å². The van der Waals surface area contributed by atoms with Crippen molar-refractivity contribution in [2.24, 2.45) is 0 Å². The highest BCUT2D eigenvalue weighted by atomic mass is 32.2. The molecule has 0 spiro atoms. The molecular formula is C26H36N2O3S. The number of fused-ring (bicyclic) bond motifs is 1. The lowest BCUT2D eigenvalue weighted by Gasteiger charge is -2.24. The number of aryl methyl sites for hydroxylation is 4. The summed E-state index contributed by atoms with van der Waals surface area (Å²) in [4.78, 5) is 12.7. The molecule has 3 rings (SSSR count). The summed E-state index contributed by atoms with van der Waals surface area (Å²) in [5.74, 6) is -0.0388. The molecule has 5 nitrogen and oxygen atoms in total. The maximum atomic E-state index is 12.7. The summed E-state index contributed by atoms with van der Waals surface area (Å²) in [6.07, 6.45) is 7.55. The maximum absolute atomic E-state index is 12.7. The molecule has 1 aliphatic carbocycles. The summed E-state index contributed by atoms with van der Waals surface area (Å²) >= 11 is 0. The molecule has 1 aliphatic rings. The Bertz CT molecular complexity index is 1060. The van der Waals surface area contributed by atoms with Gasteiger partial charge in [-0.1, -0.05) is 31.2 Å². The second-order valence-corrected chi connectivity index (χ2v) is 10.9. The van der Waals surface area contributed by atoms with Gasteiger partial charge in [0.15, 0.2) is 0 Å². The number of hydrogen-bond donors (Lipinski definition) is 1. The Morgan fingerprint density at radius 1 is 1.03 bits per heavy atom. The molecule has 0 unspecified atom stereocenters. The summed E-state index contributed by atoms with van der Waals surface area (Å²) in [5.41, 5.74) is 6.83. The van der Waals surface area contributed by atoms with Crippen LogP contribution in [-0.4, -0.2) is 27.1 Å². The molecule has 0 radical (unpaired) electrons. The fraction of sp³-hybridized carbons (Fsp3) is 0.500. The number of nitrogens with one attached hydrogen (secondary N) is 1. The van der Waals surface area contributed by atoms with E-state index in [0.717, 1.165) is 36.0 Å². The second-order valence-electron chi connectivity index (χ2n) is 8.97. The summed E-state index contributed by atoms with van der Waals surface area (Å²) in [6.45, 7) is 6.33. The van der Waals surface area contributed by atoms with Gasteiger partial charge in [-0.3, -0.25) is 9.10 Å². The summed E-state index contributed by atoms with van der Waals surface area (Å²) in [6, 6.07) is 12.2. The Kier molecular flexibility index (Phi) is 7.99. The minimum atomic E-state index is -3.42. The Hall–Kier alpha value is -2.34. The first-order chi connectivity index (χ1) is 15.2. The lowest BCUT2D eigenvalue weighted by atomic mass is 9.89. The quantitative estimate of drug-likeness (QED) is 0.578. The standard InChI is InChI=1S/C26H36N2O3S/c1-5-25(23-14-13-21-9-6-7-10-22(21)18-23)27-26(29)11-8-16-28(32(4,30)31)24-15-12-19(2)20(3)17-24/h12-15,17-18,25H,5-11,16H2,1-4H3,(H,27,29)/t25-/m0/s1. The van der Waals surface area contributed by atoms with Gasteiger partial charge in [-0.25, -0.2) is 8.42 Å². The van der Waals surface area contributed by atoms with Gasteiger partial charge in [-0.2, -0.15) is 0 Å². The number of sulfonamides is 1. The van der Waals surface area contributed by atoms with Crippen LogP contribution in [0.2, 0.25) is 0 Å². The lowest BCUT2D eigenvalue weighted by molar-refractivity contribution is -0.121. The Labute approximate surface area is 193 Å². The zero-order valence-electron chi connectivity index (χ0n) is 19.8. The zero-order valence-corrected chi connectivity index (χ0v) is 20.6. The molecule has 174 valence electrons. The predicted octanol–water partition coefficient (Wildman–Crippen LogP) is 5.00. The first kappa shape index (κ1) is 24.3. The van der Waals surface area contributed by atoms with E-state index in [1.165, 1.54) is 34.5 Å². The SMILES string of the molecule is CC[C@H](NC(=O)CCCN(c1ccc(C)c(C)c1)S(C)(=O)=O)c1ccc2c(c1)CCCC2. The molecule has 0 fully saturated rings. The molecule has 0 saturated heterocycles. The van der Waals surface area contributed by atoms with Crippen LogP contribution in [0.4, 0.5) is 5.69 Å². The van der Waals surface area contributed by atoms with Gasteiger partial charge in [-0.05, 0) is 92.3 Å². The molecule has 6 heteroatoms. The minimum Gasteiger partial charge on any atom is -0.349 e. The fourth-order valence-electron chi connectivity index (χ4n) is 4.41. The lowest BCUT2D eigenvalue weighted by Crippen LogP contribution is -2.33. The summed E-state index contributed by atoms with van der Waals surface area (Å²) in [5, 5.41) is 3.15. The third-order valence-electron chi connectivity index (χ3n) is 6.46. The molecule has 0 saturated carbocycles. The van der Waals surface area contributed by atoms with Crippen molar-refractivity contribution in [3.8, 4) is 0 Å². The maximum Gasteiger partial charge on any atom is 0.232 e. The molecule has 32 heavy (non-hydrogen) atoms. The van der Waals surface area contributed by atoms with Gasteiger partial charge >= 0.3 is 0 Å². The number of anilines is 1. The van der Waals surface area contributed by atoms with E-state index in [-0.39, 0.29) is 24.9 Å². The molecule has 2 aromatic rings. The van der Waals surface area contributed by atoms with Gasteiger partial charge < -0.3 is 5.32 Å². The first-order valence-electron chi connectivity index (χ1n) is 11.6. The van der Waals surface area contributed by atoms with Crippen LogP contribution in [0, 0.1) is 13.8 Å². The van der Waals surface area contributed by atoms with E-state index in [0.29, 0.717) is 12.1 Å². The predicted molar refractivity (Wildman–Crippen MR) is 132 cm³/mol.